The molecule has 4 aromatic rings. The van der Waals surface area contributed by atoms with Gasteiger partial charge in [0.2, 0.25) is 0 Å². The Labute approximate surface area is 173 Å². The molecule has 0 aromatic heterocycles. The molecule has 0 radical (unpaired) electrons. The van der Waals surface area contributed by atoms with Crippen LogP contribution in [0.3, 0.4) is 0 Å². The maximum absolute atomic E-state index is 12.5. The predicted molar refractivity (Wildman–Crippen MR) is 120 cm³/mol. The van der Waals surface area contributed by atoms with Gasteiger partial charge in [-0.2, -0.15) is 0 Å². The van der Waals surface area contributed by atoms with Crippen LogP contribution in [0.5, 0.6) is 11.5 Å². The molecule has 1 aliphatic rings. The van der Waals surface area contributed by atoms with Crippen LogP contribution in [-0.2, 0) is 0 Å². The van der Waals surface area contributed by atoms with E-state index in [9.17, 15) is 15.0 Å². The fraction of sp³-hybridized carbons (Fsp3) is 0. The van der Waals surface area contributed by atoms with Crippen molar-refractivity contribution in [3.63, 3.8) is 0 Å². The van der Waals surface area contributed by atoms with Crippen LogP contribution < -0.4 is 0 Å². The number of phenols is 2. The highest BCUT2D eigenvalue weighted by molar-refractivity contribution is 6.18. The van der Waals surface area contributed by atoms with Crippen LogP contribution in [0.25, 0.3) is 21.9 Å². The molecule has 144 valence electrons. The lowest BCUT2D eigenvalue weighted by Crippen LogP contribution is -2.06. The minimum absolute atomic E-state index is 0.0185. The summed E-state index contributed by atoms with van der Waals surface area (Å²) in [5.41, 5.74) is 5.24. The Hall–Kier alpha value is -4.11. The SMILES string of the molecule is O=C1C=C/C(=C(/c2ccc(O)cc2)c2ccc(O)c3ccccc23)c2ccccc21. The molecule has 0 bridgehead atoms. The lowest BCUT2D eigenvalue weighted by atomic mass is 9.82. The zero-order valence-electron chi connectivity index (χ0n) is 16.0. The third-order valence-corrected chi connectivity index (χ3v) is 5.48. The van der Waals surface area contributed by atoms with Gasteiger partial charge in [0.1, 0.15) is 11.5 Å². The van der Waals surface area contributed by atoms with Gasteiger partial charge in [0.15, 0.2) is 5.78 Å². The number of phenolic OH excluding ortho intramolecular Hbond substituents is 2. The summed E-state index contributed by atoms with van der Waals surface area (Å²) >= 11 is 0. The molecule has 3 nitrogen and oxygen atoms in total. The molecule has 0 unspecified atom stereocenters. The number of ketones is 1. The highest BCUT2D eigenvalue weighted by Crippen LogP contribution is 2.41. The van der Waals surface area contributed by atoms with Crippen molar-refractivity contribution >= 4 is 27.7 Å². The molecule has 3 heteroatoms. The van der Waals surface area contributed by atoms with Gasteiger partial charge in [-0.05, 0) is 63.6 Å². The highest BCUT2D eigenvalue weighted by Gasteiger charge is 2.22. The van der Waals surface area contributed by atoms with Gasteiger partial charge in [-0.3, -0.25) is 4.79 Å². The van der Waals surface area contributed by atoms with E-state index in [4.69, 9.17) is 0 Å². The number of rotatable bonds is 2. The molecule has 0 heterocycles. The number of hydrogen-bond donors (Lipinski definition) is 2. The molecular weight excluding hydrogens is 372 g/mol. The second-order valence-corrected chi connectivity index (χ2v) is 7.26. The van der Waals surface area contributed by atoms with Gasteiger partial charge in [-0.1, -0.05) is 66.7 Å². The van der Waals surface area contributed by atoms with E-state index >= 15 is 0 Å². The van der Waals surface area contributed by atoms with Gasteiger partial charge < -0.3 is 10.2 Å². The molecule has 2 N–H and O–H groups in total. The Balaban J connectivity index is 1.91. The van der Waals surface area contributed by atoms with Gasteiger partial charge in [-0.15, -0.1) is 0 Å². The molecule has 0 saturated heterocycles. The first-order valence-electron chi connectivity index (χ1n) is 9.70. The maximum Gasteiger partial charge on any atom is 0.186 e. The van der Waals surface area contributed by atoms with Crippen LogP contribution in [0.4, 0.5) is 0 Å². The molecule has 0 amide bonds. The Kier molecular flexibility index (Phi) is 4.22. The van der Waals surface area contributed by atoms with Crippen LogP contribution in [0.15, 0.2) is 97.1 Å². The van der Waals surface area contributed by atoms with Gasteiger partial charge in [-0.25, -0.2) is 0 Å². The fourth-order valence-electron chi connectivity index (χ4n) is 4.07. The Morgan fingerprint density at radius 2 is 1.30 bits per heavy atom. The summed E-state index contributed by atoms with van der Waals surface area (Å²) in [5.74, 6) is 0.391. The molecule has 5 rings (SSSR count). The Morgan fingerprint density at radius 3 is 2.07 bits per heavy atom. The fourth-order valence-corrected chi connectivity index (χ4v) is 4.07. The van der Waals surface area contributed by atoms with Crippen LogP contribution in [0.1, 0.15) is 27.0 Å². The van der Waals surface area contributed by atoms with E-state index in [2.05, 4.69) is 0 Å². The van der Waals surface area contributed by atoms with E-state index in [0.29, 0.717) is 5.56 Å². The van der Waals surface area contributed by atoms with Crippen molar-refractivity contribution in [2.24, 2.45) is 0 Å². The van der Waals surface area contributed by atoms with E-state index in [1.807, 2.05) is 72.8 Å². The topological polar surface area (TPSA) is 57.5 Å². The number of carbonyl (C=O) groups excluding carboxylic acids is 1. The number of aromatic hydroxyl groups is 2. The summed E-state index contributed by atoms with van der Waals surface area (Å²) in [6, 6.07) is 25.9. The zero-order chi connectivity index (χ0) is 20.7. The molecule has 30 heavy (non-hydrogen) atoms. The molecule has 0 atom stereocenters. The minimum atomic E-state index is -0.0185. The molecule has 1 aliphatic carbocycles. The number of fused-ring (bicyclic) bond motifs is 2. The lowest BCUT2D eigenvalue weighted by Gasteiger charge is -2.20. The molecular formula is C27H18O3. The van der Waals surface area contributed by atoms with E-state index in [1.165, 1.54) is 0 Å². The smallest absolute Gasteiger partial charge is 0.186 e. The molecule has 0 aliphatic heterocycles. The third-order valence-electron chi connectivity index (χ3n) is 5.48. The van der Waals surface area contributed by atoms with E-state index < -0.39 is 0 Å². The molecule has 0 saturated carbocycles. The van der Waals surface area contributed by atoms with Crippen LogP contribution in [-0.4, -0.2) is 16.0 Å². The summed E-state index contributed by atoms with van der Waals surface area (Å²) in [7, 11) is 0. The molecule has 4 aromatic carbocycles. The number of hydrogen-bond acceptors (Lipinski definition) is 3. The first kappa shape index (κ1) is 18.0. The number of allylic oxidation sites excluding steroid dienone is 3. The van der Waals surface area contributed by atoms with E-state index in [1.54, 1.807) is 24.3 Å². The van der Waals surface area contributed by atoms with Crippen molar-refractivity contribution < 1.29 is 15.0 Å². The average Bonchev–Trinajstić information content (AvgIpc) is 2.78. The zero-order valence-corrected chi connectivity index (χ0v) is 16.0. The summed E-state index contributed by atoms with van der Waals surface area (Å²) in [4.78, 5) is 12.5. The standard InChI is InChI=1S/C27H18O3/c28-18-11-9-17(10-12-18)27(23-13-15-25(29)21-7-3-1-5-19(21)23)24-14-16-26(30)22-8-4-2-6-20(22)24/h1-16,28-29H/b27-24+. The highest BCUT2D eigenvalue weighted by atomic mass is 16.3. The average molecular weight is 390 g/mol. The second kappa shape index (κ2) is 7.05. The van der Waals surface area contributed by atoms with Crippen molar-refractivity contribution in [2.75, 3.05) is 0 Å². The van der Waals surface area contributed by atoms with Crippen molar-refractivity contribution in [1.82, 2.24) is 0 Å². The normalized spacial score (nSPS) is 14.6. The molecule has 0 spiro atoms. The number of carbonyl (C=O) groups is 1. The largest absolute Gasteiger partial charge is 0.508 e. The lowest BCUT2D eigenvalue weighted by molar-refractivity contribution is 0.104. The number of benzene rings is 4. The van der Waals surface area contributed by atoms with Gasteiger partial charge in [0, 0.05) is 10.9 Å². The predicted octanol–water partition coefficient (Wildman–Crippen LogP) is 5.96. The summed E-state index contributed by atoms with van der Waals surface area (Å²) in [6.07, 6.45) is 3.45. The first-order valence-corrected chi connectivity index (χ1v) is 9.70. The summed E-state index contributed by atoms with van der Waals surface area (Å²) in [6.45, 7) is 0. The van der Waals surface area contributed by atoms with Crippen molar-refractivity contribution in [2.45, 2.75) is 0 Å². The van der Waals surface area contributed by atoms with Crippen molar-refractivity contribution in [1.29, 1.82) is 0 Å². The Bertz CT molecular complexity index is 1360. The first-order chi connectivity index (χ1) is 14.6. The van der Waals surface area contributed by atoms with Crippen molar-refractivity contribution in [3.05, 3.63) is 119 Å². The summed E-state index contributed by atoms with van der Waals surface area (Å²) < 4.78 is 0. The third kappa shape index (κ3) is 2.88. The maximum atomic E-state index is 12.5. The van der Waals surface area contributed by atoms with E-state index in [0.717, 1.165) is 38.6 Å². The minimum Gasteiger partial charge on any atom is -0.508 e. The van der Waals surface area contributed by atoms with Crippen LogP contribution in [0, 0.1) is 0 Å². The van der Waals surface area contributed by atoms with Crippen molar-refractivity contribution in [3.8, 4) is 11.5 Å². The van der Waals surface area contributed by atoms with E-state index in [-0.39, 0.29) is 17.3 Å². The second-order valence-electron chi connectivity index (χ2n) is 7.26. The van der Waals surface area contributed by atoms with Gasteiger partial charge >= 0.3 is 0 Å². The summed E-state index contributed by atoms with van der Waals surface area (Å²) in [5, 5.41) is 21.9. The molecule has 0 fully saturated rings. The van der Waals surface area contributed by atoms with Gasteiger partial charge in [0.05, 0.1) is 0 Å². The quantitative estimate of drug-likeness (QED) is 0.444. The monoisotopic (exact) mass is 390 g/mol. The van der Waals surface area contributed by atoms with Gasteiger partial charge in [0.25, 0.3) is 0 Å². The van der Waals surface area contributed by atoms with Crippen LogP contribution >= 0.6 is 0 Å². The van der Waals surface area contributed by atoms with Crippen LogP contribution in [0.2, 0.25) is 0 Å². The Morgan fingerprint density at radius 1 is 0.633 bits per heavy atom.